The number of amides is 1. The fourth-order valence-electron chi connectivity index (χ4n) is 3.87. The topological polar surface area (TPSA) is 57.7 Å². The molecule has 1 aliphatic heterocycles. The number of sulfonamides is 1. The number of rotatable bonds is 4. The smallest absolute Gasteiger partial charge is 0.243 e. The normalized spacial score (nSPS) is 24.2. The summed E-state index contributed by atoms with van der Waals surface area (Å²) >= 11 is 3.30. The first-order valence-electron chi connectivity index (χ1n) is 8.41. The van der Waals surface area contributed by atoms with Crippen LogP contribution in [0.2, 0.25) is 0 Å². The molecule has 2 unspecified atom stereocenters. The van der Waals surface area contributed by atoms with Crippen molar-refractivity contribution in [2.24, 2.45) is 5.92 Å². The monoisotopic (exact) mass is 414 g/mol. The highest BCUT2D eigenvalue weighted by Crippen LogP contribution is 2.36. The quantitative estimate of drug-likeness (QED) is 0.760. The van der Waals surface area contributed by atoms with Gasteiger partial charge in [-0.1, -0.05) is 28.8 Å². The predicted octanol–water partition coefficient (Wildman–Crippen LogP) is 2.86. The third kappa shape index (κ3) is 3.53. The number of carbonyl (C=O) groups is 1. The van der Waals surface area contributed by atoms with Crippen LogP contribution in [0.1, 0.15) is 32.1 Å². The molecule has 2 aliphatic rings. The van der Waals surface area contributed by atoms with Crippen molar-refractivity contribution in [3.8, 4) is 0 Å². The van der Waals surface area contributed by atoms with Crippen LogP contribution < -0.4 is 0 Å². The van der Waals surface area contributed by atoms with Crippen molar-refractivity contribution in [2.45, 2.75) is 43.0 Å². The minimum Gasteiger partial charge on any atom is -0.338 e. The van der Waals surface area contributed by atoms with Crippen LogP contribution in [-0.4, -0.2) is 49.7 Å². The van der Waals surface area contributed by atoms with Gasteiger partial charge in [-0.05, 0) is 49.4 Å². The fourth-order valence-corrected chi connectivity index (χ4v) is 5.25. The van der Waals surface area contributed by atoms with E-state index in [9.17, 15) is 13.2 Å². The van der Waals surface area contributed by atoms with Crippen LogP contribution in [0.15, 0.2) is 33.6 Å². The van der Waals surface area contributed by atoms with Gasteiger partial charge in [0.25, 0.3) is 0 Å². The van der Waals surface area contributed by atoms with E-state index in [1.54, 1.807) is 24.3 Å². The molecule has 1 amide bonds. The lowest BCUT2D eigenvalue weighted by molar-refractivity contribution is -0.132. The van der Waals surface area contributed by atoms with Crippen molar-refractivity contribution >= 4 is 31.9 Å². The molecule has 2 atom stereocenters. The molecule has 1 saturated carbocycles. The molecule has 0 bridgehead atoms. The van der Waals surface area contributed by atoms with Gasteiger partial charge in [0, 0.05) is 24.1 Å². The van der Waals surface area contributed by atoms with Crippen molar-refractivity contribution < 1.29 is 13.2 Å². The molecule has 3 rings (SSSR count). The Balaban J connectivity index is 1.68. The molecule has 1 aromatic carbocycles. The summed E-state index contributed by atoms with van der Waals surface area (Å²) in [4.78, 5) is 14.8. The standard InChI is InChI=1S/C17H23BrN2O3S/c1-19(24(22,23)15-8-6-14(18)7-9-15)12-17(21)20-11-10-13-4-2-3-5-16(13)20/h6-9,13,16H,2-5,10-12H2,1H3. The van der Waals surface area contributed by atoms with E-state index in [0.717, 1.165) is 34.6 Å². The number of hydrogen-bond acceptors (Lipinski definition) is 3. The molecule has 0 N–H and O–H groups in total. The summed E-state index contributed by atoms with van der Waals surface area (Å²) < 4.78 is 27.2. The summed E-state index contributed by atoms with van der Waals surface area (Å²) in [6.45, 7) is 0.669. The third-order valence-electron chi connectivity index (χ3n) is 5.21. The van der Waals surface area contributed by atoms with Crippen LogP contribution in [0.5, 0.6) is 0 Å². The Morgan fingerprint density at radius 2 is 1.88 bits per heavy atom. The van der Waals surface area contributed by atoms with E-state index in [1.807, 2.05) is 4.90 Å². The van der Waals surface area contributed by atoms with Gasteiger partial charge < -0.3 is 4.90 Å². The van der Waals surface area contributed by atoms with Crippen LogP contribution >= 0.6 is 15.9 Å². The van der Waals surface area contributed by atoms with Gasteiger partial charge in [-0.15, -0.1) is 0 Å². The SMILES string of the molecule is CN(CC(=O)N1CCC2CCCCC21)S(=O)(=O)c1ccc(Br)cc1. The molecule has 1 aromatic rings. The second-order valence-corrected chi connectivity index (χ2v) is 9.66. The maximum Gasteiger partial charge on any atom is 0.243 e. The molecular formula is C17H23BrN2O3S. The first-order valence-corrected chi connectivity index (χ1v) is 10.6. The van der Waals surface area contributed by atoms with Gasteiger partial charge in [0.05, 0.1) is 11.4 Å². The molecule has 5 nitrogen and oxygen atoms in total. The average Bonchev–Trinajstić information content (AvgIpc) is 2.99. The largest absolute Gasteiger partial charge is 0.338 e. The Kier molecular flexibility index (Phi) is 5.32. The molecule has 2 fully saturated rings. The van der Waals surface area contributed by atoms with Crippen molar-refractivity contribution in [1.29, 1.82) is 0 Å². The van der Waals surface area contributed by atoms with Crippen LogP contribution in [0.4, 0.5) is 0 Å². The zero-order chi connectivity index (χ0) is 17.3. The highest BCUT2D eigenvalue weighted by atomic mass is 79.9. The van der Waals surface area contributed by atoms with Gasteiger partial charge in [0.15, 0.2) is 0 Å². The lowest BCUT2D eigenvalue weighted by atomic mass is 9.85. The molecule has 0 radical (unpaired) electrons. The first kappa shape index (κ1) is 17.9. The molecule has 1 aliphatic carbocycles. The highest BCUT2D eigenvalue weighted by molar-refractivity contribution is 9.10. The minimum absolute atomic E-state index is 0.0763. The number of nitrogens with zero attached hydrogens (tertiary/aromatic N) is 2. The maximum atomic E-state index is 12.7. The number of fused-ring (bicyclic) bond motifs is 1. The maximum absolute atomic E-state index is 12.7. The van der Waals surface area contributed by atoms with E-state index >= 15 is 0 Å². The van der Waals surface area contributed by atoms with Crippen molar-refractivity contribution in [3.63, 3.8) is 0 Å². The van der Waals surface area contributed by atoms with Crippen molar-refractivity contribution in [2.75, 3.05) is 20.1 Å². The van der Waals surface area contributed by atoms with Crippen LogP contribution in [-0.2, 0) is 14.8 Å². The first-order chi connectivity index (χ1) is 11.4. The van der Waals surface area contributed by atoms with Gasteiger partial charge in [-0.25, -0.2) is 8.42 Å². The van der Waals surface area contributed by atoms with Gasteiger partial charge in [0.2, 0.25) is 15.9 Å². The molecule has 24 heavy (non-hydrogen) atoms. The van der Waals surface area contributed by atoms with Crippen molar-refractivity contribution in [1.82, 2.24) is 9.21 Å². The van der Waals surface area contributed by atoms with Crippen LogP contribution in [0.25, 0.3) is 0 Å². The molecule has 0 aromatic heterocycles. The van der Waals surface area contributed by atoms with E-state index in [4.69, 9.17) is 0 Å². The summed E-state index contributed by atoms with van der Waals surface area (Å²) in [5.74, 6) is 0.531. The molecule has 7 heteroatoms. The minimum atomic E-state index is -3.64. The molecule has 1 saturated heterocycles. The van der Waals surface area contributed by atoms with Crippen molar-refractivity contribution in [3.05, 3.63) is 28.7 Å². The highest BCUT2D eigenvalue weighted by Gasteiger charge is 2.38. The van der Waals surface area contributed by atoms with Gasteiger partial charge in [-0.2, -0.15) is 4.31 Å². The van der Waals surface area contributed by atoms with Crippen LogP contribution in [0, 0.1) is 5.92 Å². The average molecular weight is 415 g/mol. The Hall–Kier alpha value is -0.920. The number of halogens is 1. The Labute approximate surface area is 152 Å². The number of benzene rings is 1. The summed E-state index contributed by atoms with van der Waals surface area (Å²) in [6.07, 6.45) is 5.72. The molecular weight excluding hydrogens is 392 g/mol. The number of likely N-dealkylation sites (tertiary alicyclic amines) is 1. The number of carbonyl (C=O) groups excluding carboxylic acids is 1. The molecule has 132 valence electrons. The second-order valence-electron chi connectivity index (χ2n) is 6.70. The number of hydrogen-bond donors (Lipinski definition) is 0. The number of likely N-dealkylation sites (N-methyl/N-ethyl adjacent to an activating group) is 1. The fraction of sp³-hybridized carbons (Fsp3) is 0.588. The van der Waals surface area contributed by atoms with Gasteiger partial charge in [0.1, 0.15) is 0 Å². The predicted molar refractivity (Wildman–Crippen MR) is 96.0 cm³/mol. The zero-order valence-electron chi connectivity index (χ0n) is 13.8. The third-order valence-corrected chi connectivity index (χ3v) is 7.56. The van der Waals surface area contributed by atoms with E-state index in [0.29, 0.717) is 12.0 Å². The Bertz CT molecular complexity index is 705. The lowest BCUT2D eigenvalue weighted by Crippen LogP contribution is -2.45. The lowest BCUT2D eigenvalue weighted by Gasteiger charge is -2.32. The van der Waals surface area contributed by atoms with E-state index in [-0.39, 0.29) is 17.3 Å². The Morgan fingerprint density at radius 1 is 1.21 bits per heavy atom. The second kappa shape index (κ2) is 7.14. The summed E-state index contributed by atoms with van der Waals surface area (Å²) in [5, 5.41) is 0. The van der Waals surface area contributed by atoms with Crippen LogP contribution in [0.3, 0.4) is 0 Å². The molecule has 0 spiro atoms. The summed E-state index contributed by atoms with van der Waals surface area (Å²) in [5.41, 5.74) is 0. The zero-order valence-corrected chi connectivity index (χ0v) is 16.2. The van der Waals surface area contributed by atoms with E-state index in [2.05, 4.69) is 15.9 Å². The van der Waals surface area contributed by atoms with Gasteiger partial charge >= 0.3 is 0 Å². The van der Waals surface area contributed by atoms with E-state index < -0.39 is 10.0 Å². The van der Waals surface area contributed by atoms with Gasteiger partial charge in [-0.3, -0.25) is 4.79 Å². The summed E-state index contributed by atoms with van der Waals surface area (Å²) in [7, 11) is -2.17. The van der Waals surface area contributed by atoms with E-state index in [1.165, 1.54) is 19.9 Å². The summed E-state index contributed by atoms with van der Waals surface area (Å²) in [6, 6.07) is 6.79. The molecule has 1 heterocycles. The Morgan fingerprint density at radius 3 is 2.58 bits per heavy atom.